The zero-order valence-corrected chi connectivity index (χ0v) is 25.0. The van der Waals surface area contributed by atoms with Gasteiger partial charge in [-0.3, -0.25) is 18.7 Å². The van der Waals surface area contributed by atoms with Crippen molar-refractivity contribution in [3.05, 3.63) is 92.1 Å². The smallest absolute Gasteiger partial charge is 0.262 e. The monoisotopic (exact) mass is 609 g/mol. The van der Waals surface area contributed by atoms with Gasteiger partial charge in [-0.15, -0.1) is 0 Å². The van der Waals surface area contributed by atoms with Crippen molar-refractivity contribution in [3.63, 3.8) is 0 Å². The van der Waals surface area contributed by atoms with Crippen LogP contribution in [0.4, 0.5) is 0 Å². The Morgan fingerprint density at radius 2 is 1.88 bits per heavy atom. The number of carbonyl (C=O) groups is 1. The van der Waals surface area contributed by atoms with Crippen molar-refractivity contribution >= 4 is 40.1 Å². The third-order valence-electron chi connectivity index (χ3n) is 8.36. The number of nitrogens with zero attached hydrogens (tertiary/aromatic N) is 4. The van der Waals surface area contributed by atoms with E-state index in [1.54, 1.807) is 39.8 Å². The van der Waals surface area contributed by atoms with Crippen molar-refractivity contribution in [2.45, 2.75) is 51.0 Å². The summed E-state index contributed by atoms with van der Waals surface area (Å²) in [7, 11) is 0. The van der Waals surface area contributed by atoms with Crippen LogP contribution in [0.1, 0.15) is 47.3 Å². The first-order valence-corrected chi connectivity index (χ1v) is 14.9. The van der Waals surface area contributed by atoms with Crippen molar-refractivity contribution in [1.29, 1.82) is 0 Å². The van der Waals surface area contributed by atoms with Gasteiger partial charge in [0.1, 0.15) is 11.5 Å². The number of aliphatic hydroxyl groups is 1. The molecule has 0 unspecified atom stereocenters. The molecule has 2 aromatic carbocycles. The zero-order valence-electron chi connectivity index (χ0n) is 23.5. The average molecular weight is 611 g/mol. The number of aryl methyl sites for hydroxylation is 1. The molecule has 4 aromatic rings. The lowest BCUT2D eigenvalue weighted by molar-refractivity contribution is -0.0299. The van der Waals surface area contributed by atoms with Crippen molar-refractivity contribution in [3.8, 4) is 5.69 Å². The standard InChI is InChI=1S/C31H33Cl2N5O4/c1-19-13-23(7-8-24(19)26-16-42-20(2)15-34-26)38-27(33)14-25-28(38)35-18-37(30(25)40)17-31(41)9-11-36(12-10-31)29(39)21-3-5-22(32)6-4-21/h3-8,13-14,18,20,26,34,41H,9-12,15-17H2,1-2H3/t20-,26-/m1/s1. The van der Waals surface area contributed by atoms with Gasteiger partial charge < -0.3 is 20.1 Å². The summed E-state index contributed by atoms with van der Waals surface area (Å²) in [5, 5.41) is 16.2. The average Bonchev–Trinajstić information content (AvgIpc) is 3.32. The maximum absolute atomic E-state index is 13.5. The predicted molar refractivity (Wildman–Crippen MR) is 163 cm³/mol. The van der Waals surface area contributed by atoms with E-state index in [4.69, 9.17) is 27.9 Å². The van der Waals surface area contributed by atoms with Gasteiger partial charge in [0, 0.05) is 35.9 Å². The van der Waals surface area contributed by atoms with E-state index >= 15 is 0 Å². The van der Waals surface area contributed by atoms with Crippen LogP contribution in [-0.4, -0.2) is 68.0 Å². The molecular weight excluding hydrogens is 577 g/mol. The Morgan fingerprint density at radius 3 is 2.55 bits per heavy atom. The molecule has 2 saturated heterocycles. The number of rotatable bonds is 5. The second-order valence-corrected chi connectivity index (χ2v) is 12.2. The van der Waals surface area contributed by atoms with Gasteiger partial charge in [0.2, 0.25) is 0 Å². The highest BCUT2D eigenvalue weighted by Crippen LogP contribution is 2.30. The van der Waals surface area contributed by atoms with Gasteiger partial charge in [-0.05, 0) is 80.3 Å². The van der Waals surface area contributed by atoms with Crippen molar-refractivity contribution in [2.75, 3.05) is 26.2 Å². The predicted octanol–water partition coefficient (Wildman–Crippen LogP) is 4.52. The number of aromatic nitrogens is 3. The normalized spacial score (nSPS) is 20.6. The van der Waals surface area contributed by atoms with E-state index in [9.17, 15) is 14.7 Å². The van der Waals surface area contributed by atoms with Crippen LogP contribution in [0.2, 0.25) is 10.2 Å². The molecule has 0 saturated carbocycles. The highest BCUT2D eigenvalue weighted by atomic mass is 35.5. The Kier molecular flexibility index (Phi) is 7.89. The maximum atomic E-state index is 13.5. The van der Waals surface area contributed by atoms with E-state index in [0.29, 0.717) is 59.3 Å². The number of halogens is 2. The lowest BCUT2D eigenvalue weighted by Gasteiger charge is -2.38. The summed E-state index contributed by atoms with van der Waals surface area (Å²) in [6.07, 6.45) is 2.33. The lowest BCUT2D eigenvalue weighted by atomic mass is 9.91. The fourth-order valence-electron chi connectivity index (χ4n) is 5.90. The largest absolute Gasteiger partial charge is 0.388 e. The van der Waals surface area contributed by atoms with Crippen LogP contribution in [0.5, 0.6) is 0 Å². The molecule has 1 amide bonds. The second kappa shape index (κ2) is 11.5. The number of nitrogens with one attached hydrogen (secondary N) is 1. The van der Waals surface area contributed by atoms with E-state index in [1.807, 2.05) is 19.1 Å². The topological polar surface area (TPSA) is 102 Å². The number of hydrogen-bond acceptors (Lipinski definition) is 6. The third-order valence-corrected chi connectivity index (χ3v) is 8.89. The van der Waals surface area contributed by atoms with Gasteiger partial charge in [0.05, 0.1) is 36.3 Å². The molecule has 2 atom stereocenters. The number of benzene rings is 2. The van der Waals surface area contributed by atoms with Gasteiger partial charge in [-0.1, -0.05) is 29.3 Å². The fourth-order valence-corrected chi connectivity index (χ4v) is 6.31. The van der Waals surface area contributed by atoms with Crippen LogP contribution >= 0.6 is 23.2 Å². The number of carbonyl (C=O) groups excluding carboxylic acids is 1. The molecule has 0 aliphatic carbocycles. The van der Waals surface area contributed by atoms with Crippen molar-refractivity contribution in [1.82, 2.24) is 24.3 Å². The number of fused-ring (bicyclic) bond motifs is 1. The molecule has 0 radical (unpaired) electrons. The number of hydrogen-bond donors (Lipinski definition) is 2. The van der Waals surface area contributed by atoms with Crippen molar-refractivity contribution < 1.29 is 14.6 Å². The molecule has 0 bridgehead atoms. The minimum Gasteiger partial charge on any atom is -0.388 e. The number of likely N-dealkylation sites (tertiary alicyclic amines) is 1. The molecule has 11 heteroatoms. The Morgan fingerprint density at radius 1 is 1.14 bits per heavy atom. The fraction of sp³-hybridized carbons (Fsp3) is 0.387. The van der Waals surface area contributed by atoms with Crippen LogP contribution in [0.25, 0.3) is 16.7 Å². The van der Waals surface area contributed by atoms with Crippen LogP contribution < -0.4 is 10.9 Å². The molecule has 2 fully saturated rings. The van der Waals surface area contributed by atoms with Gasteiger partial charge in [-0.25, -0.2) is 4.98 Å². The lowest BCUT2D eigenvalue weighted by Crippen LogP contribution is -2.49. The first-order chi connectivity index (χ1) is 20.1. The number of amides is 1. The molecule has 2 aliphatic rings. The second-order valence-electron chi connectivity index (χ2n) is 11.4. The quantitative estimate of drug-likeness (QED) is 0.345. The zero-order chi connectivity index (χ0) is 29.6. The SMILES string of the molecule is Cc1cc(-n2c(Cl)cc3c(=O)n(CC4(O)CCN(C(=O)c5ccc(Cl)cc5)CC4)cnc32)ccc1[C@H]1CO[C@H](C)CN1. The molecule has 2 N–H and O–H groups in total. The number of ether oxygens (including phenoxy) is 1. The van der Waals surface area contributed by atoms with E-state index in [1.165, 1.54) is 10.9 Å². The Labute approximate surface area is 253 Å². The van der Waals surface area contributed by atoms with Crippen LogP contribution in [-0.2, 0) is 11.3 Å². The summed E-state index contributed by atoms with van der Waals surface area (Å²) < 4.78 is 9.03. The summed E-state index contributed by atoms with van der Waals surface area (Å²) in [6, 6.07) is 14.6. The van der Waals surface area contributed by atoms with Crippen LogP contribution in [0, 0.1) is 6.92 Å². The minimum atomic E-state index is -1.15. The molecular formula is C31H33Cl2N5O4. The summed E-state index contributed by atoms with van der Waals surface area (Å²) in [5.74, 6) is -0.105. The van der Waals surface area contributed by atoms with Gasteiger partial charge in [0.15, 0.2) is 5.65 Å². The summed E-state index contributed by atoms with van der Waals surface area (Å²) >= 11 is 12.6. The number of piperidine rings is 1. The molecule has 42 heavy (non-hydrogen) atoms. The van der Waals surface area contributed by atoms with Gasteiger partial charge in [0.25, 0.3) is 11.5 Å². The van der Waals surface area contributed by atoms with Crippen LogP contribution in [0.3, 0.4) is 0 Å². The number of morpholine rings is 1. The van der Waals surface area contributed by atoms with E-state index in [2.05, 4.69) is 23.3 Å². The van der Waals surface area contributed by atoms with Crippen molar-refractivity contribution in [2.24, 2.45) is 0 Å². The molecule has 2 aliphatic heterocycles. The Bertz CT molecular complexity index is 1680. The molecule has 0 spiro atoms. The van der Waals surface area contributed by atoms with E-state index < -0.39 is 5.60 Å². The molecule has 6 rings (SSSR count). The first-order valence-electron chi connectivity index (χ1n) is 14.1. The summed E-state index contributed by atoms with van der Waals surface area (Å²) in [4.78, 5) is 32.7. The molecule has 4 heterocycles. The summed E-state index contributed by atoms with van der Waals surface area (Å²) in [6.45, 7) is 6.33. The molecule has 9 nitrogen and oxygen atoms in total. The van der Waals surface area contributed by atoms with Gasteiger partial charge in [-0.2, -0.15) is 0 Å². The maximum Gasteiger partial charge on any atom is 0.262 e. The van der Waals surface area contributed by atoms with E-state index in [-0.39, 0.29) is 30.2 Å². The summed E-state index contributed by atoms with van der Waals surface area (Å²) in [5.41, 5.74) is 2.62. The van der Waals surface area contributed by atoms with E-state index in [0.717, 1.165) is 23.4 Å². The molecule has 2 aromatic heterocycles. The van der Waals surface area contributed by atoms with Crippen LogP contribution in [0.15, 0.2) is 59.7 Å². The minimum absolute atomic E-state index is 0.0728. The Hall–Kier alpha value is -3.21. The highest BCUT2D eigenvalue weighted by Gasteiger charge is 2.35. The first kappa shape index (κ1) is 28.9. The van der Waals surface area contributed by atoms with Gasteiger partial charge >= 0.3 is 0 Å². The Balaban J connectivity index is 1.19. The molecule has 220 valence electrons. The highest BCUT2D eigenvalue weighted by molar-refractivity contribution is 6.31. The third kappa shape index (κ3) is 5.59.